The summed E-state index contributed by atoms with van der Waals surface area (Å²) >= 11 is 5.86. The average Bonchev–Trinajstić information content (AvgIpc) is 2.45. The van der Waals surface area contributed by atoms with Gasteiger partial charge in [0, 0.05) is 25.0 Å². The molecule has 0 aromatic heterocycles. The molecule has 4 nitrogen and oxygen atoms in total. The number of carbonyl (C=O) groups is 2. The normalized spacial score (nSPS) is 12.1. The fourth-order valence-electron chi connectivity index (χ4n) is 2.08. The van der Waals surface area contributed by atoms with E-state index < -0.39 is 6.04 Å². The van der Waals surface area contributed by atoms with E-state index in [1.54, 1.807) is 24.0 Å². The highest BCUT2D eigenvalue weighted by Gasteiger charge is 2.23. The molecule has 122 valence electrons. The first-order chi connectivity index (χ1) is 10.3. The largest absolute Gasteiger partial charge is 0.354 e. The van der Waals surface area contributed by atoms with Crippen molar-refractivity contribution in [3.63, 3.8) is 0 Å². The van der Waals surface area contributed by atoms with Crippen molar-refractivity contribution in [2.45, 2.75) is 46.7 Å². The molecule has 5 heteroatoms. The van der Waals surface area contributed by atoms with E-state index in [1.165, 1.54) is 6.92 Å². The molecule has 0 aliphatic rings. The Morgan fingerprint density at radius 1 is 1.18 bits per heavy atom. The molecule has 0 spiro atoms. The van der Waals surface area contributed by atoms with Gasteiger partial charge in [-0.15, -0.1) is 0 Å². The van der Waals surface area contributed by atoms with Crippen LogP contribution in [0.25, 0.3) is 0 Å². The highest BCUT2D eigenvalue weighted by atomic mass is 35.5. The summed E-state index contributed by atoms with van der Waals surface area (Å²) in [6, 6.07) is 6.79. The summed E-state index contributed by atoms with van der Waals surface area (Å²) in [6.45, 7) is 8.48. The molecule has 0 radical (unpaired) electrons. The summed E-state index contributed by atoms with van der Waals surface area (Å²) in [5.41, 5.74) is 0.946. The van der Waals surface area contributed by atoms with Crippen molar-refractivity contribution in [3.8, 4) is 0 Å². The van der Waals surface area contributed by atoms with Crippen LogP contribution in [-0.4, -0.2) is 29.3 Å². The molecule has 1 aromatic carbocycles. The molecule has 2 amide bonds. The molecule has 0 aliphatic carbocycles. The Morgan fingerprint density at radius 2 is 1.77 bits per heavy atom. The number of amides is 2. The quantitative estimate of drug-likeness (QED) is 0.837. The zero-order valence-electron chi connectivity index (χ0n) is 13.7. The molecule has 0 bridgehead atoms. The van der Waals surface area contributed by atoms with Gasteiger partial charge < -0.3 is 10.2 Å². The van der Waals surface area contributed by atoms with Gasteiger partial charge in [-0.1, -0.05) is 37.6 Å². The summed E-state index contributed by atoms with van der Waals surface area (Å²) in [4.78, 5) is 25.6. The van der Waals surface area contributed by atoms with E-state index in [4.69, 9.17) is 11.6 Å². The molecule has 1 atom stereocenters. The van der Waals surface area contributed by atoms with Crippen LogP contribution in [0.1, 0.15) is 39.7 Å². The van der Waals surface area contributed by atoms with Crippen LogP contribution < -0.4 is 5.32 Å². The predicted octanol–water partition coefficient (Wildman–Crippen LogP) is 3.24. The summed E-state index contributed by atoms with van der Waals surface area (Å²) in [5, 5.41) is 3.54. The van der Waals surface area contributed by atoms with E-state index in [0.717, 1.165) is 12.0 Å². The van der Waals surface area contributed by atoms with Crippen LogP contribution in [-0.2, 0) is 16.1 Å². The molecule has 0 saturated heterocycles. The van der Waals surface area contributed by atoms with Crippen LogP contribution in [0.2, 0.25) is 5.02 Å². The highest BCUT2D eigenvalue weighted by molar-refractivity contribution is 6.30. The van der Waals surface area contributed by atoms with Crippen molar-refractivity contribution >= 4 is 23.4 Å². The predicted molar refractivity (Wildman–Crippen MR) is 89.6 cm³/mol. The summed E-state index contributed by atoms with van der Waals surface area (Å²) in [6.07, 6.45) is 0.926. The van der Waals surface area contributed by atoms with Crippen molar-refractivity contribution in [1.82, 2.24) is 10.2 Å². The third-order valence-corrected chi connectivity index (χ3v) is 3.79. The lowest BCUT2D eigenvalue weighted by Crippen LogP contribution is -2.47. The van der Waals surface area contributed by atoms with Crippen LogP contribution >= 0.6 is 11.6 Å². The van der Waals surface area contributed by atoms with Crippen molar-refractivity contribution < 1.29 is 9.59 Å². The Balaban J connectivity index is 2.67. The van der Waals surface area contributed by atoms with Gasteiger partial charge in [0.1, 0.15) is 6.04 Å². The standard InChI is InChI=1S/C17H25ClN2O2/c1-12(2)9-10-19-17(22)13(3)20(14(4)21)11-15-5-7-16(18)8-6-15/h5-8,12-13H,9-11H2,1-4H3,(H,19,22)/t13-/m0/s1. The molecule has 1 aromatic rings. The lowest BCUT2D eigenvalue weighted by Gasteiger charge is -2.27. The van der Waals surface area contributed by atoms with Gasteiger partial charge in [-0.3, -0.25) is 9.59 Å². The van der Waals surface area contributed by atoms with E-state index in [0.29, 0.717) is 24.0 Å². The van der Waals surface area contributed by atoms with Gasteiger partial charge in [-0.2, -0.15) is 0 Å². The number of nitrogens with zero attached hydrogens (tertiary/aromatic N) is 1. The number of benzene rings is 1. The third-order valence-electron chi connectivity index (χ3n) is 3.54. The van der Waals surface area contributed by atoms with Gasteiger partial charge >= 0.3 is 0 Å². The minimum Gasteiger partial charge on any atom is -0.354 e. The van der Waals surface area contributed by atoms with Crippen molar-refractivity contribution in [3.05, 3.63) is 34.9 Å². The van der Waals surface area contributed by atoms with E-state index >= 15 is 0 Å². The summed E-state index contributed by atoms with van der Waals surface area (Å²) < 4.78 is 0. The second-order valence-electron chi connectivity index (χ2n) is 5.92. The van der Waals surface area contributed by atoms with Gasteiger partial charge in [-0.05, 0) is 37.0 Å². The summed E-state index contributed by atoms with van der Waals surface area (Å²) in [7, 11) is 0. The number of hydrogen-bond acceptors (Lipinski definition) is 2. The zero-order chi connectivity index (χ0) is 16.7. The second kappa shape index (κ2) is 8.79. The van der Waals surface area contributed by atoms with Gasteiger partial charge in [0.15, 0.2) is 0 Å². The monoisotopic (exact) mass is 324 g/mol. The van der Waals surface area contributed by atoms with Gasteiger partial charge in [0.25, 0.3) is 0 Å². The SMILES string of the molecule is CC(=O)N(Cc1ccc(Cl)cc1)[C@@H](C)C(=O)NCCC(C)C. The topological polar surface area (TPSA) is 49.4 Å². The fourth-order valence-corrected chi connectivity index (χ4v) is 2.21. The van der Waals surface area contributed by atoms with Gasteiger partial charge in [0.05, 0.1) is 0 Å². The maximum atomic E-state index is 12.2. The van der Waals surface area contributed by atoms with E-state index in [-0.39, 0.29) is 11.8 Å². The molecule has 0 heterocycles. The van der Waals surface area contributed by atoms with Crippen molar-refractivity contribution in [2.24, 2.45) is 5.92 Å². The maximum Gasteiger partial charge on any atom is 0.242 e. The van der Waals surface area contributed by atoms with E-state index in [9.17, 15) is 9.59 Å². The second-order valence-corrected chi connectivity index (χ2v) is 6.36. The van der Waals surface area contributed by atoms with Crippen LogP contribution in [0, 0.1) is 5.92 Å². The minimum atomic E-state index is -0.500. The van der Waals surface area contributed by atoms with Gasteiger partial charge in [-0.25, -0.2) is 0 Å². The van der Waals surface area contributed by atoms with E-state index in [2.05, 4.69) is 19.2 Å². The first kappa shape index (κ1) is 18.5. The number of rotatable bonds is 7. The first-order valence-corrected chi connectivity index (χ1v) is 7.98. The van der Waals surface area contributed by atoms with Crippen molar-refractivity contribution in [1.29, 1.82) is 0 Å². The van der Waals surface area contributed by atoms with Crippen molar-refractivity contribution in [2.75, 3.05) is 6.54 Å². The average molecular weight is 325 g/mol. The molecular weight excluding hydrogens is 300 g/mol. The molecule has 0 unspecified atom stereocenters. The molecule has 22 heavy (non-hydrogen) atoms. The fraction of sp³-hybridized carbons (Fsp3) is 0.529. The molecular formula is C17H25ClN2O2. The summed E-state index contributed by atoms with van der Waals surface area (Å²) in [5.74, 6) is 0.292. The Labute approximate surface area is 137 Å². The maximum absolute atomic E-state index is 12.2. The molecule has 1 rings (SSSR count). The van der Waals surface area contributed by atoms with Crippen LogP contribution in [0.5, 0.6) is 0 Å². The Bertz CT molecular complexity index is 500. The zero-order valence-corrected chi connectivity index (χ0v) is 14.5. The van der Waals surface area contributed by atoms with Crippen LogP contribution in [0.3, 0.4) is 0 Å². The Hall–Kier alpha value is -1.55. The Kier molecular flexibility index (Phi) is 7.39. The Morgan fingerprint density at radius 3 is 2.27 bits per heavy atom. The van der Waals surface area contributed by atoms with Crippen LogP contribution in [0.4, 0.5) is 0 Å². The third kappa shape index (κ3) is 6.06. The first-order valence-electron chi connectivity index (χ1n) is 7.60. The van der Waals surface area contributed by atoms with Crippen LogP contribution in [0.15, 0.2) is 24.3 Å². The number of carbonyl (C=O) groups excluding carboxylic acids is 2. The molecule has 0 aliphatic heterocycles. The highest BCUT2D eigenvalue weighted by Crippen LogP contribution is 2.13. The molecule has 0 saturated carbocycles. The number of halogens is 1. The van der Waals surface area contributed by atoms with E-state index in [1.807, 2.05) is 12.1 Å². The lowest BCUT2D eigenvalue weighted by atomic mass is 10.1. The molecule has 0 fully saturated rings. The van der Waals surface area contributed by atoms with Gasteiger partial charge in [0.2, 0.25) is 11.8 Å². The number of nitrogens with one attached hydrogen (secondary N) is 1. The molecule has 1 N–H and O–H groups in total. The minimum absolute atomic E-state index is 0.121. The lowest BCUT2D eigenvalue weighted by molar-refractivity contribution is -0.139. The number of hydrogen-bond donors (Lipinski definition) is 1. The smallest absolute Gasteiger partial charge is 0.242 e.